The van der Waals surface area contributed by atoms with E-state index in [0.29, 0.717) is 11.8 Å². The Morgan fingerprint density at radius 3 is 2.49 bits per heavy atom. The van der Waals surface area contributed by atoms with Crippen LogP contribution in [0.3, 0.4) is 0 Å². The number of rotatable bonds is 7. The van der Waals surface area contributed by atoms with E-state index in [2.05, 4.69) is 52.6 Å². The van der Waals surface area contributed by atoms with Crippen LogP contribution in [0.4, 0.5) is 5.69 Å². The predicted molar refractivity (Wildman–Crippen MR) is 150 cm³/mol. The summed E-state index contributed by atoms with van der Waals surface area (Å²) in [6, 6.07) is 16.9. The number of nitrogens with zero attached hydrogens (tertiary/aromatic N) is 2. The zero-order valence-corrected chi connectivity index (χ0v) is 22.8. The third-order valence-electron chi connectivity index (χ3n) is 8.38. The summed E-state index contributed by atoms with van der Waals surface area (Å²) in [7, 11) is 1.72. The minimum absolute atomic E-state index is 0.00931. The second-order valence-electron chi connectivity index (χ2n) is 10.8. The van der Waals surface area contributed by atoms with E-state index in [9.17, 15) is 9.90 Å². The van der Waals surface area contributed by atoms with Crippen molar-refractivity contribution >= 4 is 23.1 Å². The van der Waals surface area contributed by atoms with Crippen LogP contribution in [0, 0.1) is 18.8 Å². The van der Waals surface area contributed by atoms with Gasteiger partial charge in [0.25, 0.3) is 0 Å². The van der Waals surface area contributed by atoms with Gasteiger partial charge in [-0.3, -0.25) is 4.79 Å². The third-order valence-corrected chi connectivity index (χ3v) is 8.94. The summed E-state index contributed by atoms with van der Waals surface area (Å²) >= 11 is 1.45. The molecule has 2 fully saturated rings. The molecule has 0 aliphatic heterocycles. The van der Waals surface area contributed by atoms with Crippen molar-refractivity contribution in [1.29, 1.82) is 0 Å². The Bertz CT molecular complexity index is 1180. The van der Waals surface area contributed by atoms with E-state index >= 15 is 0 Å². The molecular formula is C31H38N2O3S. The van der Waals surface area contributed by atoms with Crippen molar-refractivity contribution in [3.05, 3.63) is 65.0 Å². The summed E-state index contributed by atoms with van der Waals surface area (Å²) in [6.07, 6.45) is 7.24. The van der Waals surface area contributed by atoms with Gasteiger partial charge < -0.3 is 14.7 Å². The van der Waals surface area contributed by atoms with Crippen molar-refractivity contribution < 1.29 is 14.6 Å². The molecule has 2 aromatic carbocycles. The van der Waals surface area contributed by atoms with E-state index in [1.807, 2.05) is 17.5 Å². The van der Waals surface area contributed by atoms with Crippen LogP contribution < -0.4 is 9.64 Å². The maximum absolute atomic E-state index is 13.9. The molecule has 37 heavy (non-hydrogen) atoms. The molecule has 6 heteroatoms. The number of benzene rings is 2. The number of amides is 1. The van der Waals surface area contributed by atoms with E-state index in [1.54, 1.807) is 7.11 Å². The first kappa shape index (κ1) is 25.9. The number of anilines is 1. The average Bonchev–Trinajstić information content (AvgIpc) is 3.47. The first-order chi connectivity index (χ1) is 18.0. The lowest BCUT2D eigenvalue weighted by Crippen LogP contribution is -2.41. The molecule has 0 saturated heterocycles. The van der Waals surface area contributed by atoms with Gasteiger partial charge in [-0.05, 0) is 117 Å². The molecule has 1 N–H and O–H groups in total. The second kappa shape index (κ2) is 11.8. The van der Waals surface area contributed by atoms with Crippen molar-refractivity contribution in [2.75, 3.05) is 18.6 Å². The number of methoxy groups -OCH3 is 1. The van der Waals surface area contributed by atoms with Crippen LogP contribution in [0.25, 0.3) is 11.3 Å². The molecule has 2 aliphatic carbocycles. The largest absolute Gasteiger partial charge is 0.496 e. The number of hydrogen-bond donors (Lipinski definition) is 1. The molecule has 5 rings (SSSR count). The monoisotopic (exact) mass is 518 g/mol. The van der Waals surface area contributed by atoms with E-state index in [0.717, 1.165) is 80.6 Å². The Morgan fingerprint density at radius 2 is 1.81 bits per heavy atom. The normalized spacial score (nSPS) is 24.0. The topological polar surface area (TPSA) is 62.7 Å². The lowest BCUT2D eigenvalue weighted by atomic mass is 9.78. The predicted octanol–water partition coefficient (Wildman–Crippen LogP) is 6.99. The molecule has 0 radical (unpaired) electrons. The van der Waals surface area contributed by atoms with Gasteiger partial charge in [-0.15, -0.1) is 0 Å². The summed E-state index contributed by atoms with van der Waals surface area (Å²) in [5, 5.41) is 12.0. The van der Waals surface area contributed by atoms with Gasteiger partial charge in [0, 0.05) is 29.1 Å². The molecule has 0 unspecified atom stereocenters. The van der Waals surface area contributed by atoms with Crippen molar-refractivity contribution in [1.82, 2.24) is 4.37 Å². The highest BCUT2D eigenvalue weighted by atomic mass is 32.1. The fourth-order valence-electron chi connectivity index (χ4n) is 6.15. The van der Waals surface area contributed by atoms with Crippen LogP contribution in [0.5, 0.6) is 5.75 Å². The lowest BCUT2D eigenvalue weighted by Gasteiger charge is -2.36. The fraction of sp³-hybridized carbons (Fsp3) is 0.484. The molecule has 0 spiro atoms. The van der Waals surface area contributed by atoms with Crippen LogP contribution >= 0.6 is 11.5 Å². The summed E-state index contributed by atoms with van der Waals surface area (Å²) in [6.45, 7) is 2.87. The van der Waals surface area contributed by atoms with Crippen LogP contribution in [0.1, 0.15) is 68.4 Å². The zero-order chi connectivity index (χ0) is 25.8. The minimum Gasteiger partial charge on any atom is -0.496 e. The Hall–Kier alpha value is -2.70. The van der Waals surface area contributed by atoms with Crippen LogP contribution in [-0.2, 0) is 4.79 Å². The summed E-state index contributed by atoms with van der Waals surface area (Å²) in [4.78, 5) is 15.9. The molecule has 2 aliphatic rings. The molecule has 0 bridgehead atoms. The average molecular weight is 519 g/mol. The summed E-state index contributed by atoms with van der Waals surface area (Å²) < 4.78 is 9.95. The third kappa shape index (κ3) is 6.07. The molecule has 196 valence electrons. The number of carbonyl (C=O) groups excluding carboxylic acids is 1. The lowest BCUT2D eigenvalue weighted by molar-refractivity contribution is -0.124. The number of ether oxygens (including phenoxy) is 1. The second-order valence-corrected chi connectivity index (χ2v) is 11.5. The number of aryl methyl sites for hydroxylation is 1. The first-order valence-corrected chi connectivity index (χ1v) is 14.5. The summed E-state index contributed by atoms with van der Waals surface area (Å²) in [5.74, 6) is 2.20. The standard InChI is InChI=1S/C31H38N2O3S/c1-21-18-25(12-15-30(21)36-2)23-8-6-22(7-9-23)20-33(31(35)24-10-13-28(34)14-11-24)27-5-3-4-26(19-27)29-16-17-37-32-29/h3-5,12,15-19,22-24,28,34H,6-11,13-14,20H2,1-2H3/t22-,23-,24-,28-. The quantitative estimate of drug-likeness (QED) is 0.366. The molecule has 1 amide bonds. The molecule has 1 aromatic heterocycles. The van der Waals surface area contributed by atoms with Crippen molar-refractivity contribution in [2.24, 2.45) is 11.8 Å². The number of aromatic nitrogens is 1. The van der Waals surface area contributed by atoms with Gasteiger partial charge in [-0.25, -0.2) is 0 Å². The molecular weight excluding hydrogens is 480 g/mol. The first-order valence-electron chi connectivity index (χ1n) is 13.7. The van der Waals surface area contributed by atoms with Gasteiger partial charge in [0.1, 0.15) is 5.75 Å². The number of aliphatic hydroxyl groups excluding tert-OH is 1. The number of hydrogen-bond acceptors (Lipinski definition) is 5. The minimum atomic E-state index is -0.262. The van der Waals surface area contributed by atoms with Crippen molar-refractivity contribution in [3.63, 3.8) is 0 Å². The number of carbonyl (C=O) groups is 1. The van der Waals surface area contributed by atoms with Gasteiger partial charge in [0.15, 0.2) is 0 Å². The van der Waals surface area contributed by atoms with Crippen LogP contribution in [0.15, 0.2) is 53.9 Å². The van der Waals surface area contributed by atoms with E-state index < -0.39 is 0 Å². The van der Waals surface area contributed by atoms with Gasteiger partial charge in [0.2, 0.25) is 5.91 Å². The van der Waals surface area contributed by atoms with Crippen molar-refractivity contribution in [2.45, 2.75) is 70.3 Å². The Balaban J connectivity index is 1.31. The smallest absolute Gasteiger partial charge is 0.230 e. The van der Waals surface area contributed by atoms with E-state index in [1.165, 1.54) is 22.7 Å². The van der Waals surface area contributed by atoms with Crippen LogP contribution in [0.2, 0.25) is 0 Å². The molecule has 2 saturated carbocycles. The molecule has 1 heterocycles. The molecule has 0 atom stereocenters. The van der Waals surface area contributed by atoms with Gasteiger partial charge in [-0.2, -0.15) is 4.37 Å². The Kier molecular flexibility index (Phi) is 8.26. The maximum Gasteiger partial charge on any atom is 0.230 e. The number of aliphatic hydroxyl groups is 1. The highest BCUT2D eigenvalue weighted by molar-refractivity contribution is 7.03. The van der Waals surface area contributed by atoms with Gasteiger partial charge in [0.05, 0.1) is 18.9 Å². The molecule has 5 nitrogen and oxygen atoms in total. The van der Waals surface area contributed by atoms with E-state index in [4.69, 9.17) is 4.74 Å². The van der Waals surface area contributed by atoms with Gasteiger partial charge in [-0.1, -0.05) is 24.3 Å². The maximum atomic E-state index is 13.9. The fourth-order valence-corrected chi connectivity index (χ4v) is 6.68. The SMILES string of the molecule is COc1ccc([C@H]2CC[C@H](CN(c3cccc(-c4ccsn4)c3)C(=O)[C@H]3CC[C@H](O)CC3)CC2)cc1C. The Morgan fingerprint density at radius 1 is 1.03 bits per heavy atom. The van der Waals surface area contributed by atoms with Crippen LogP contribution in [-0.4, -0.2) is 35.1 Å². The summed E-state index contributed by atoms with van der Waals surface area (Å²) in [5.41, 5.74) is 5.57. The van der Waals surface area contributed by atoms with E-state index in [-0.39, 0.29) is 17.9 Å². The van der Waals surface area contributed by atoms with Gasteiger partial charge >= 0.3 is 0 Å². The Labute approximate surface area is 224 Å². The highest BCUT2D eigenvalue weighted by Gasteiger charge is 2.32. The van der Waals surface area contributed by atoms with Crippen molar-refractivity contribution in [3.8, 4) is 17.0 Å². The highest BCUT2D eigenvalue weighted by Crippen LogP contribution is 2.39. The zero-order valence-electron chi connectivity index (χ0n) is 21.9. The molecule has 3 aromatic rings.